The van der Waals surface area contributed by atoms with Crippen LogP contribution in [0.1, 0.15) is 5.56 Å². The molecule has 5 heteroatoms. The van der Waals surface area contributed by atoms with Crippen LogP contribution in [0.15, 0.2) is 42.5 Å². The molecule has 0 fully saturated rings. The Morgan fingerprint density at radius 2 is 1.70 bits per heavy atom. The van der Waals surface area contributed by atoms with E-state index in [0.717, 1.165) is 11.3 Å². The van der Waals surface area contributed by atoms with Gasteiger partial charge in [-0.25, -0.2) is 0 Å². The van der Waals surface area contributed by atoms with Gasteiger partial charge in [0.25, 0.3) is 0 Å². The van der Waals surface area contributed by atoms with Gasteiger partial charge >= 0.3 is 0 Å². The zero-order chi connectivity index (χ0) is 14.5. The molecule has 0 atom stereocenters. The maximum absolute atomic E-state index is 11.8. The third-order valence-corrected chi connectivity index (χ3v) is 3.24. The van der Waals surface area contributed by atoms with E-state index in [4.69, 9.17) is 23.2 Å². The Labute approximate surface area is 127 Å². The standard InChI is InChI=1S/C15H14Cl2N2O/c1-10-8-12(17)4-7-14(10)18-9-15(20)19-13-5-2-11(16)3-6-13/h2-8,18H,9H2,1H3,(H,19,20). The highest BCUT2D eigenvalue weighted by molar-refractivity contribution is 6.31. The molecule has 0 bridgehead atoms. The van der Waals surface area contributed by atoms with Gasteiger partial charge in [0, 0.05) is 21.4 Å². The Hall–Kier alpha value is -1.71. The van der Waals surface area contributed by atoms with Gasteiger partial charge in [-0.05, 0) is 55.0 Å². The molecule has 0 radical (unpaired) electrons. The summed E-state index contributed by atoms with van der Waals surface area (Å²) in [6.07, 6.45) is 0. The number of hydrogen-bond acceptors (Lipinski definition) is 2. The fourth-order valence-corrected chi connectivity index (χ4v) is 2.09. The number of rotatable bonds is 4. The van der Waals surface area contributed by atoms with Crippen LogP contribution in [-0.2, 0) is 4.79 Å². The van der Waals surface area contributed by atoms with Gasteiger partial charge in [0.15, 0.2) is 0 Å². The van der Waals surface area contributed by atoms with E-state index in [1.54, 1.807) is 30.3 Å². The smallest absolute Gasteiger partial charge is 0.243 e. The molecule has 0 spiro atoms. The second-order valence-corrected chi connectivity index (χ2v) is 5.24. The SMILES string of the molecule is Cc1cc(Cl)ccc1NCC(=O)Nc1ccc(Cl)cc1. The van der Waals surface area contributed by atoms with Gasteiger partial charge in [-0.2, -0.15) is 0 Å². The fourth-order valence-electron chi connectivity index (χ4n) is 1.74. The summed E-state index contributed by atoms with van der Waals surface area (Å²) in [6, 6.07) is 12.5. The molecule has 2 rings (SSSR count). The van der Waals surface area contributed by atoms with E-state index < -0.39 is 0 Å². The highest BCUT2D eigenvalue weighted by atomic mass is 35.5. The van der Waals surface area contributed by atoms with Crippen LogP contribution in [-0.4, -0.2) is 12.5 Å². The van der Waals surface area contributed by atoms with E-state index in [0.29, 0.717) is 15.7 Å². The average Bonchev–Trinajstić information content (AvgIpc) is 2.40. The van der Waals surface area contributed by atoms with Crippen LogP contribution in [0, 0.1) is 6.92 Å². The predicted octanol–water partition coefficient (Wildman–Crippen LogP) is 4.35. The van der Waals surface area contributed by atoms with Gasteiger partial charge < -0.3 is 10.6 Å². The van der Waals surface area contributed by atoms with E-state index in [-0.39, 0.29) is 12.5 Å². The molecular weight excluding hydrogens is 295 g/mol. The minimum atomic E-state index is -0.123. The van der Waals surface area contributed by atoms with Crippen molar-refractivity contribution in [1.29, 1.82) is 0 Å². The van der Waals surface area contributed by atoms with Gasteiger partial charge in [-0.1, -0.05) is 23.2 Å². The third kappa shape index (κ3) is 4.15. The van der Waals surface area contributed by atoms with Gasteiger partial charge in [-0.15, -0.1) is 0 Å². The Morgan fingerprint density at radius 3 is 2.35 bits per heavy atom. The Morgan fingerprint density at radius 1 is 1.05 bits per heavy atom. The van der Waals surface area contributed by atoms with Crippen LogP contribution in [0.5, 0.6) is 0 Å². The van der Waals surface area contributed by atoms with Crippen LogP contribution in [0.25, 0.3) is 0 Å². The van der Waals surface area contributed by atoms with E-state index in [1.165, 1.54) is 0 Å². The first kappa shape index (κ1) is 14.7. The molecule has 3 nitrogen and oxygen atoms in total. The molecule has 0 aromatic heterocycles. The van der Waals surface area contributed by atoms with Crippen molar-refractivity contribution in [3.8, 4) is 0 Å². The van der Waals surface area contributed by atoms with Crippen molar-refractivity contribution in [3.05, 3.63) is 58.1 Å². The molecule has 0 aliphatic heterocycles. The molecule has 0 saturated heterocycles. The number of nitrogens with one attached hydrogen (secondary N) is 2. The quantitative estimate of drug-likeness (QED) is 0.881. The lowest BCUT2D eigenvalue weighted by atomic mass is 10.2. The highest BCUT2D eigenvalue weighted by Crippen LogP contribution is 2.19. The number of halogens is 2. The van der Waals surface area contributed by atoms with Crippen molar-refractivity contribution in [2.75, 3.05) is 17.2 Å². The zero-order valence-electron chi connectivity index (χ0n) is 10.9. The van der Waals surface area contributed by atoms with Crippen molar-refractivity contribution < 1.29 is 4.79 Å². The first-order chi connectivity index (χ1) is 9.54. The molecule has 2 N–H and O–H groups in total. The summed E-state index contributed by atoms with van der Waals surface area (Å²) < 4.78 is 0. The van der Waals surface area contributed by atoms with Crippen molar-refractivity contribution in [2.24, 2.45) is 0 Å². The lowest BCUT2D eigenvalue weighted by Gasteiger charge is -2.10. The number of aryl methyl sites for hydroxylation is 1. The second kappa shape index (κ2) is 6.64. The van der Waals surface area contributed by atoms with Crippen LogP contribution < -0.4 is 10.6 Å². The second-order valence-electron chi connectivity index (χ2n) is 4.37. The summed E-state index contributed by atoms with van der Waals surface area (Å²) in [5.41, 5.74) is 2.60. The number of carbonyl (C=O) groups is 1. The normalized spacial score (nSPS) is 10.2. The number of hydrogen-bond donors (Lipinski definition) is 2. The summed E-state index contributed by atoms with van der Waals surface area (Å²) in [5.74, 6) is -0.123. The summed E-state index contributed by atoms with van der Waals surface area (Å²) in [6.45, 7) is 2.12. The van der Waals surface area contributed by atoms with Crippen LogP contribution in [0.3, 0.4) is 0 Å². The molecule has 0 aliphatic rings. The lowest BCUT2D eigenvalue weighted by molar-refractivity contribution is -0.114. The monoisotopic (exact) mass is 308 g/mol. The average molecular weight is 309 g/mol. The van der Waals surface area contributed by atoms with Gasteiger partial charge in [-0.3, -0.25) is 4.79 Å². The third-order valence-electron chi connectivity index (χ3n) is 2.76. The van der Waals surface area contributed by atoms with E-state index >= 15 is 0 Å². The van der Waals surface area contributed by atoms with Crippen molar-refractivity contribution in [1.82, 2.24) is 0 Å². The summed E-state index contributed by atoms with van der Waals surface area (Å²) in [7, 11) is 0. The molecule has 20 heavy (non-hydrogen) atoms. The Balaban J connectivity index is 1.90. The van der Waals surface area contributed by atoms with Gasteiger partial charge in [0.05, 0.1) is 6.54 Å². The highest BCUT2D eigenvalue weighted by Gasteiger charge is 2.04. The molecule has 1 amide bonds. The molecule has 0 unspecified atom stereocenters. The fraction of sp³-hybridized carbons (Fsp3) is 0.133. The molecule has 0 aliphatic carbocycles. The maximum atomic E-state index is 11.8. The minimum absolute atomic E-state index is 0.123. The van der Waals surface area contributed by atoms with Crippen LogP contribution >= 0.6 is 23.2 Å². The maximum Gasteiger partial charge on any atom is 0.243 e. The minimum Gasteiger partial charge on any atom is -0.376 e. The van der Waals surface area contributed by atoms with Crippen molar-refractivity contribution >= 4 is 40.5 Å². The number of benzene rings is 2. The van der Waals surface area contributed by atoms with Gasteiger partial charge in [0.1, 0.15) is 0 Å². The topological polar surface area (TPSA) is 41.1 Å². The van der Waals surface area contributed by atoms with Crippen molar-refractivity contribution in [2.45, 2.75) is 6.92 Å². The number of carbonyl (C=O) groups excluding carboxylic acids is 1. The Bertz CT molecular complexity index is 612. The van der Waals surface area contributed by atoms with Crippen molar-refractivity contribution in [3.63, 3.8) is 0 Å². The molecule has 0 saturated carbocycles. The number of amides is 1. The first-order valence-electron chi connectivity index (χ1n) is 6.10. The summed E-state index contributed by atoms with van der Waals surface area (Å²) in [4.78, 5) is 11.8. The van der Waals surface area contributed by atoms with Crippen LogP contribution in [0.2, 0.25) is 10.0 Å². The largest absolute Gasteiger partial charge is 0.376 e. The van der Waals surface area contributed by atoms with Gasteiger partial charge in [0.2, 0.25) is 5.91 Å². The zero-order valence-corrected chi connectivity index (χ0v) is 12.4. The van der Waals surface area contributed by atoms with Crippen LogP contribution in [0.4, 0.5) is 11.4 Å². The molecular formula is C15H14Cl2N2O. The van der Waals surface area contributed by atoms with E-state index in [2.05, 4.69) is 10.6 Å². The van der Waals surface area contributed by atoms with E-state index in [1.807, 2.05) is 19.1 Å². The summed E-state index contributed by atoms with van der Waals surface area (Å²) in [5, 5.41) is 7.18. The number of anilines is 2. The first-order valence-corrected chi connectivity index (χ1v) is 6.85. The molecule has 0 heterocycles. The molecule has 2 aromatic carbocycles. The van der Waals surface area contributed by atoms with E-state index in [9.17, 15) is 4.79 Å². The lowest BCUT2D eigenvalue weighted by Crippen LogP contribution is -2.21. The molecule has 104 valence electrons. The summed E-state index contributed by atoms with van der Waals surface area (Å²) >= 11 is 11.7. The predicted molar refractivity (Wildman–Crippen MR) is 84.8 cm³/mol. The molecule has 2 aromatic rings. The Kier molecular flexibility index (Phi) is 4.88.